The van der Waals surface area contributed by atoms with Gasteiger partial charge in [0.2, 0.25) is 0 Å². The van der Waals surface area contributed by atoms with Crippen LogP contribution in [0.3, 0.4) is 0 Å². The molecule has 1 N–H and O–H groups in total. The Morgan fingerprint density at radius 1 is 1.35 bits per heavy atom. The van der Waals surface area contributed by atoms with Gasteiger partial charge in [-0.05, 0) is 42.7 Å². The lowest BCUT2D eigenvalue weighted by Crippen LogP contribution is -2.30. The first-order chi connectivity index (χ1) is 11.0. The summed E-state index contributed by atoms with van der Waals surface area (Å²) in [6.45, 7) is 0.888. The second-order valence-corrected chi connectivity index (χ2v) is 6.67. The summed E-state index contributed by atoms with van der Waals surface area (Å²) in [7, 11) is 0. The number of alkyl halides is 1. The second-order valence-electron chi connectivity index (χ2n) is 6.67. The highest BCUT2D eigenvalue weighted by Gasteiger charge is 2.79. The Kier molecular flexibility index (Phi) is 3.71. The molecule has 2 saturated carbocycles. The highest BCUT2D eigenvalue weighted by molar-refractivity contribution is 5.95. The predicted molar refractivity (Wildman–Crippen MR) is 79.9 cm³/mol. The number of rotatable bonds is 5. The minimum Gasteiger partial charge on any atom is -0.481 e. The number of ketones is 1. The molecule has 3 rings (SSSR count). The zero-order chi connectivity index (χ0) is 16.8. The number of carboxylic acids is 1. The summed E-state index contributed by atoms with van der Waals surface area (Å²) in [4.78, 5) is 23.5. The van der Waals surface area contributed by atoms with Crippen molar-refractivity contribution in [3.63, 3.8) is 0 Å². The van der Waals surface area contributed by atoms with Crippen LogP contribution >= 0.6 is 0 Å². The van der Waals surface area contributed by atoms with Crippen molar-refractivity contribution in [3.05, 3.63) is 35.4 Å². The molecule has 23 heavy (non-hydrogen) atoms. The molecule has 0 radical (unpaired) electrons. The molecule has 1 aromatic carbocycles. The summed E-state index contributed by atoms with van der Waals surface area (Å²) in [5, 5.41) is 18.9. The van der Waals surface area contributed by atoms with Crippen LogP contribution in [0.5, 0.6) is 0 Å². The van der Waals surface area contributed by atoms with Gasteiger partial charge in [0.1, 0.15) is 12.5 Å². The van der Waals surface area contributed by atoms with Crippen molar-refractivity contribution in [2.24, 2.45) is 29.1 Å². The number of hydrogen-bond donors (Lipinski definition) is 1. The monoisotopic (exact) mass is 315 g/mol. The highest BCUT2D eigenvalue weighted by atomic mass is 19.1. The van der Waals surface area contributed by atoms with E-state index in [0.717, 1.165) is 5.56 Å². The third-order valence-electron chi connectivity index (χ3n) is 5.65. The number of fused-ring (bicyclic) bond motifs is 1. The number of aliphatic carboxylic acids is 1. The van der Waals surface area contributed by atoms with E-state index < -0.39 is 29.9 Å². The Labute approximate surface area is 133 Å². The molecule has 5 heteroatoms. The smallest absolute Gasteiger partial charge is 0.307 e. The lowest BCUT2D eigenvalue weighted by atomic mass is 9.77. The zero-order valence-electron chi connectivity index (χ0n) is 12.8. The Hall–Kier alpha value is -2.22. The Morgan fingerprint density at radius 3 is 2.43 bits per heavy atom. The summed E-state index contributed by atoms with van der Waals surface area (Å²) in [5.74, 6) is -2.69. The molecule has 5 atom stereocenters. The summed E-state index contributed by atoms with van der Waals surface area (Å²) in [5.41, 5.74) is 0.592. The number of Topliss-reactive ketones (excluding diaryl/α,β-unsaturated/α-hetero) is 1. The van der Waals surface area contributed by atoms with Crippen molar-refractivity contribution < 1.29 is 19.1 Å². The lowest BCUT2D eigenvalue weighted by Gasteiger charge is -2.23. The molecule has 2 aliphatic rings. The maximum Gasteiger partial charge on any atom is 0.307 e. The van der Waals surface area contributed by atoms with Gasteiger partial charge in [-0.2, -0.15) is 5.26 Å². The molecule has 0 bridgehead atoms. The zero-order valence-corrected chi connectivity index (χ0v) is 12.8. The van der Waals surface area contributed by atoms with Crippen molar-refractivity contribution in [3.8, 4) is 6.07 Å². The van der Waals surface area contributed by atoms with Gasteiger partial charge in [0.05, 0.1) is 23.3 Å². The van der Waals surface area contributed by atoms with Crippen LogP contribution in [-0.2, 0) is 22.7 Å². The molecular formula is C18H18FNO3. The molecule has 0 aliphatic heterocycles. The molecule has 0 saturated heterocycles. The van der Waals surface area contributed by atoms with Crippen molar-refractivity contribution in [1.29, 1.82) is 5.26 Å². The molecule has 120 valence electrons. The Balaban J connectivity index is 1.82. The number of carboxylic acid groups (broad SMARTS) is 1. The van der Waals surface area contributed by atoms with E-state index >= 15 is 0 Å². The van der Waals surface area contributed by atoms with E-state index in [-0.39, 0.29) is 17.6 Å². The van der Waals surface area contributed by atoms with Crippen LogP contribution in [0.1, 0.15) is 24.5 Å². The number of nitriles is 1. The topological polar surface area (TPSA) is 78.2 Å². The first-order valence-electron chi connectivity index (χ1n) is 7.74. The van der Waals surface area contributed by atoms with Crippen LogP contribution in [0.15, 0.2) is 24.3 Å². The third kappa shape index (κ3) is 2.16. The quantitative estimate of drug-likeness (QED) is 0.906. The number of halogens is 1. The standard InChI is InChI=1S/C18H18FNO3/c1-10(21)18-14(16(18)17(22)23)7-13(15(18)9-20)6-11-2-4-12(8-19)5-3-11/h2-5,13-16H,6-8H2,1H3,(H,22,23). The summed E-state index contributed by atoms with van der Waals surface area (Å²) >= 11 is 0. The van der Waals surface area contributed by atoms with Gasteiger partial charge in [-0.25, -0.2) is 4.39 Å². The third-order valence-corrected chi connectivity index (χ3v) is 5.65. The van der Waals surface area contributed by atoms with Gasteiger partial charge in [-0.1, -0.05) is 24.3 Å². The van der Waals surface area contributed by atoms with Crippen molar-refractivity contribution in [2.75, 3.05) is 0 Å². The second kappa shape index (κ2) is 5.45. The van der Waals surface area contributed by atoms with Crippen LogP contribution in [0.2, 0.25) is 0 Å². The van der Waals surface area contributed by atoms with E-state index in [4.69, 9.17) is 0 Å². The number of carbonyl (C=O) groups is 2. The van der Waals surface area contributed by atoms with Gasteiger partial charge < -0.3 is 5.11 Å². The normalized spacial score (nSPS) is 34.5. The first-order valence-corrected chi connectivity index (χ1v) is 7.74. The first kappa shape index (κ1) is 15.7. The maximum absolute atomic E-state index is 12.6. The van der Waals surface area contributed by atoms with Crippen molar-refractivity contribution >= 4 is 11.8 Å². The average Bonchev–Trinajstić information content (AvgIpc) is 3.08. The predicted octanol–water partition coefficient (Wildman–Crippen LogP) is 2.76. The average molecular weight is 315 g/mol. The lowest BCUT2D eigenvalue weighted by molar-refractivity contribution is -0.142. The minimum atomic E-state index is -0.996. The van der Waals surface area contributed by atoms with E-state index in [9.17, 15) is 24.3 Å². The molecule has 1 aromatic rings. The SMILES string of the molecule is CC(=O)C12C(C#N)C(Cc3ccc(CF)cc3)CC1C2C(=O)O. The van der Waals surface area contributed by atoms with Crippen LogP contribution in [0.4, 0.5) is 4.39 Å². The molecule has 5 unspecified atom stereocenters. The summed E-state index contributed by atoms with van der Waals surface area (Å²) in [6, 6.07) is 9.31. The molecular weight excluding hydrogens is 297 g/mol. The van der Waals surface area contributed by atoms with E-state index in [1.807, 2.05) is 12.1 Å². The Bertz CT molecular complexity index is 693. The number of hydrogen-bond acceptors (Lipinski definition) is 3. The van der Waals surface area contributed by atoms with Crippen LogP contribution in [0.25, 0.3) is 0 Å². The van der Waals surface area contributed by atoms with Crippen molar-refractivity contribution in [2.45, 2.75) is 26.4 Å². The molecule has 2 aliphatic carbocycles. The summed E-state index contributed by atoms with van der Waals surface area (Å²) in [6.07, 6.45) is 1.20. The molecule has 2 fully saturated rings. The fraction of sp³-hybridized carbons (Fsp3) is 0.500. The number of carbonyl (C=O) groups excluding carboxylic acids is 1. The molecule has 4 nitrogen and oxygen atoms in total. The van der Waals surface area contributed by atoms with E-state index in [1.54, 1.807) is 12.1 Å². The van der Waals surface area contributed by atoms with E-state index in [2.05, 4.69) is 6.07 Å². The van der Waals surface area contributed by atoms with Gasteiger partial charge in [0.15, 0.2) is 0 Å². The highest BCUT2D eigenvalue weighted by Crippen LogP contribution is 2.73. The molecule has 0 heterocycles. The van der Waals surface area contributed by atoms with Crippen LogP contribution in [0, 0.1) is 40.4 Å². The van der Waals surface area contributed by atoms with Crippen molar-refractivity contribution in [1.82, 2.24) is 0 Å². The van der Waals surface area contributed by atoms with Gasteiger partial charge in [-0.3, -0.25) is 9.59 Å². The van der Waals surface area contributed by atoms with Crippen LogP contribution in [-0.4, -0.2) is 16.9 Å². The van der Waals surface area contributed by atoms with Gasteiger partial charge in [0.25, 0.3) is 0 Å². The maximum atomic E-state index is 12.6. The van der Waals surface area contributed by atoms with Gasteiger partial charge in [0, 0.05) is 0 Å². The largest absolute Gasteiger partial charge is 0.481 e. The van der Waals surface area contributed by atoms with Gasteiger partial charge >= 0.3 is 5.97 Å². The molecule has 0 spiro atoms. The Morgan fingerprint density at radius 2 is 1.96 bits per heavy atom. The van der Waals surface area contributed by atoms with E-state index in [1.165, 1.54) is 6.92 Å². The molecule has 0 amide bonds. The summed E-state index contributed by atoms with van der Waals surface area (Å²) < 4.78 is 12.6. The van der Waals surface area contributed by atoms with E-state index in [0.29, 0.717) is 18.4 Å². The minimum absolute atomic E-state index is 0.0271. The van der Waals surface area contributed by atoms with Gasteiger partial charge in [-0.15, -0.1) is 0 Å². The number of benzene rings is 1. The number of nitrogens with zero attached hydrogens (tertiary/aromatic N) is 1. The fourth-order valence-corrected chi connectivity index (χ4v) is 4.65. The van der Waals surface area contributed by atoms with Crippen LogP contribution < -0.4 is 0 Å². The fourth-order valence-electron chi connectivity index (χ4n) is 4.65. The molecule has 0 aromatic heterocycles.